The number of likely N-dealkylation sites (tertiary alicyclic amines) is 1. The number of carbonyl (C=O) groups is 1. The first-order valence-electron chi connectivity index (χ1n) is 7.00. The third kappa shape index (κ3) is 2.61. The quantitative estimate of drug-likeness (QED) is 0.847. The van der Waals surface area contributed by atoms with Crippen LogP contribution in [0.5, 0.6) is 0 Å². The van der Waals surface area contributed by atoms with Gasteiger partial charge in [-0.05, 0) is 42.4 Å². The Morgan fingerprint density at radius 1 is 1.40 bits per heavy atom. The van der Waals surface area contributed by atoms with Gasteiger partial charge in [-0.15, -0.1) is 0 Å². The average Bonchev–Trinajstić information content (AvgIpc) is 3.01. The van der Waals surface area contributed by atoms with Crippen LogP contribution < -0.4 is 0 Å². The summed E-state index contributed by atoms with van der Waals surface area (Å²) in [5.74, 6) is 0.581. The number of rotatable bonds is 2. The van der Waals surface area contributed by atoms with Gasteiger partial charge in [0.1, 0.15) is 0 Å². The Morgan fingerprint density at radius 3 is 3.00 bits per heavy atom. The number of nitrogens with zero attached hydrogens (tertiary/aromatic N) is 2. The fraction of sp³-hybridized carbons (Fsp3) is 0.375. The zero-order valence-corrected chi connectivity index (χ0v) is 12.4. The molecule has 0 spiro atoms. The first-order chi connectivity index (χ1) is 9.75. The van der Waals surface area contributed by atoms with Crippen LogP contribution in [0.1, 0.15) is 40.2 Å². The Kier molecular flexibility index (Phi) is 3.83. The normalized spacial score (nSPS) is 19.1. The number of benzene rings is 1. The number of aryl methyl sites for hydroxylation is 1. The molecule has 1 amide bonds. The van der Waals surface area contributed by atoms with Crippen molar-refractivity contribution < 1.29 is 4.79 Å². The SMILES string of the molecule is Cc1ccccc1C1CCCN(C(=O)c2cnsc2)C1. The van der Waals surface area contributed by atoms with Gasteiger partial charge >= 0.3 is 0 Å². The average molecular weight is 286 g/mol. The summed E-state index contributed by atoms with van der Waals surface area (Å²) in [6, 6.07) is 8.51. The summed E-state index contributed by atoms with van der Waals surface area (Å²) in [5.41, 5.74) is 3.43. The highest BCUT2D eigenvalue weighted by Crippen LogP contribution is 2.29. The van der Waals surface area contributed by atoms with Crippen LogP contribution in [0.4, 0.5) is 0 Å². The first kappa shape index (κ1) is 13.3. The van der Waals surface area contributed by atoms with E-state index < -0.39 is 0 Å². The largest absolute Gasteiger partial charge is 0.338 e. The van der Waals surface area contributed by atoms with E-state index in [0.29, 0.717) is 5.92 Å². The van der Waals surface area contributed by atoms with Gasteiger partial charge in [-0.1, -0.05) is 24.3 Å². The van der Waals surface area contributed by atoms with Crippen molar-refractivity contribution in [3.05, 3.63) is 52.5 Å². The molecule has 1 aliphatic rings. The maximum Gasteiger partial charge on any atom is 0.256 e. The second kappa shape index (κ2) is 5.75. The molecular weight excluding hydrogens is 268 g/mol. The zero-order valence-electron chi connectivity index (χ0n) is 11.6. The first-order valence-corrected chi connectivity index (χ1v) is 7.83. The van der Waals surface area contributed by atoms with Crippen LogP contribution in [-0.4, -0.2) is 28.3 Å². The predicted octanol–water partition coefficient (Wildman–Crippen LogP) is 3.47. The molecule has 0 radical (unpaired) electrons. The molecule has 2 aromatic rings. The van der Waals surface area contributed by atoms with Crippen molar-refractivity contribution >= 4 is 17.4 Å². The minimum absolute atomic E-state index is 0.122. The molecular formula is C16H18N2OS. The Labute approximate surface area is 123 Å². The molecule has 0 N–H and O–H groups in total. The third-order valence-electron chi connectivity index (χ3n) is 4.02. The second-order valence-corrected chi connectivity index (χ2v) is 6.02. The molecule has 1 unspecified atom stereocenters. The summed E-state index contributed by atoms with van der Waals surface area (Å²) in [4.78, 5) is 14.4. The fourth-order valence-corrected chi connectivity index (χ4v) is 3.46. The number of aromatic nitrogens is 1. The van der Waals surface area contributed by atoms with E-state index in [4.69, 9.17) is 0 Å². The van der Waals surface area contributed by atoms with Gasteiger partial charge in [0, 0.05) is 24.4 Å². The monoisotopic (exact) mass is 286 g/mol. The van der Waals surface area contributed by atoms with E-state index in [1.807, 2.05) is 10.3 Å². The summed E-state index contributed by atoms with van der Waals surface area (Å²) in [6.45, 7) is 3.83. The smallest absolute Gasteiger partial charge is 0.256 e. The maximum atomic E-state index is 12.4. The van der Waals surface area contributed by atoms with Gasteiger partial charge in [0.2, 0.25) is 0 Å². The standard InChI is InChI=1S/C16H18N2OS/c1-12-5-2-3-7-15(12)13-6-4-8-18(10-13)16(19)14-9-17-20-11-14/h2-3,5,7,9,11,13H,4,6,8,10H2,1H3. The van der Waals surface area contributed by atoms with Crippen LogP contribution in [0.3, 0.4) is 0 Å². The summed E-state index contributed by atoms with van der Waals surface area (Å²) < 4.78 is 4.02. The molecule has 1 saturated heterocycles. The molecule has 3 rings (SSSR count). The molecule has 3 nitrogen and oxygen atoms in total. The van der Waals surface area contributed by atoms with Crippen molar-refractivity contribution in [3.63, 3.8) is 0 Å². The van der Waals surface area contributed by atoms with Gasteiger partial charge in [0.15, 0.2) is 0 Å². The van der Waals surface area contributed by atoms with Crippen LogP contribution in [0, 0.1) is 6.92 Å². The van der Waals surface area contributed by atoms with Crippen molar-refractivity contribution in [2.24, 2.45) is 0 Å². The molecule has 1 atom stereocenters. The van der Waals surface area contributed by atoms with Crippen molar-refractivity contribution in [1.29, 1.82) is 0 Å². The van der Waals surface area contributed by atoms with Crippen LogP contribution >= 0.6 is 11.5 Å². The summed E-state index contributed by atoms with van der Waals surface area (Å²) in [5, 5.41) is 1.83. The number of hydrogen-bond acceptors (Lipinski definition) is 3. The molecule has 1 aromatic carbocycles. The predicted molar refractivity (Wildman–Crippen MR) is 81.2 cm³/mol. The molecule has 2 heterocycles. The summed E-state index contributed by atoms with van der Waals surface area (Å²) in [6.07, 6.45) is 3.91. The lowest BCUT2D eigenvalue weighted by Gasteiger charge is -2.33. The highest BCUT2D eigenvalue weighted by molar-refractivity contribution is 7.03. The number of hydrogen-bond donors (Lipinski definition) is 0. The van der Waals surface area contributed by atoms with E-state index in [1.54, 1.807) is 6.20 Å². The Bertz CT molecular complexity index is 594. The van der Waals surface area contributed by atoms with Crippen LogP contribution in [-0.2, 0) is 0 Å². The molecule has 1 aromatic heterocycles. The van der Waals surface area contributed by atoms with E-state index in [2.05, 4.69) is 35.6 Å². The topological polar surface area (TPSA) is 33.2 Å². The Hall–Kier alpha value is -1.68. The Balaban J connectivity index is 1.77. The van der Waals surface area contributed by atoms with Crippen LogP contribution in [0.2, 0.25) is 0 Å². The number of amides is 1. The number of piperidine rings is 1. The van der Waals surface area contributed by atoms with Gasteiger partial charge in [-0.25, -0.2) is 4.37 Å². The molecule has 4 heteroatoms. The maximum absolute atomic E-state index is 12.4. The second-order valence-electron chi connectivity index (χ2n) is 5.36. The molecule has 0 aliphatic carbocycles. The van der Waals surface area contributed by atoms with Crippen molar-refractivity contribution in [3.8, 4) is 0 Å². The summed E-state index contributed by atoms with van der Waals surface area (Å²) >= 11 is 1.33. The fourth-order valence-electron chi connectivity index (χ4n) is 2.95. The molecule has 0 bridgehead atoms. The van der Waals surface area contributed by atoms with Crippen molar-refractivity contribution in [2.45, 2.75) is 25.7 Å². The van der Waals surface area contributed by atoms with Crippen molar-refractivity contribution in [2.75, 3.05) is 13.1 Å². The highest BCUT2D eigenvalue weighted by atomic mass is 32.1. The minimum Gasteiger partial charge on any atom is -0.338 e. The van der Waals surface area contributed by atoms with Crippen LogP contribution in [0.15, 0.2) is 35.8 Å². The Morgan fingerprint density at radius 2 is 2.25 bits per heavy atom. The molecule has 104 valence electrons. The summed E-state index contributed by atoms with van der Waals surface area (Å²) in [7, 11) is 0. The molecule has 0 saturated carbocycles. The number of carbonyl (C=O) groups excluding carboxylic acids is 1. The van der Waals surface area contributed by atoms with E-state index in [-0.39, 0.29) is 5.91 Å². The lowest BCUT2D eigenvalue weighted by Crippen LogP contribution is -2.39. The highest BCUT2D eigenvalue weighted by Gasteiger charge is 2.26. The van der Waals surface area contributed by atoms with E-state index >= 15 is 0 Å². The van der Waals surface area contributed by atoms with Gasteiger partial charge in [-0.2, -0.15) is 0 Å². The van der Waals surface area contributed by atoms with Gasteiger partial charge < -0.3 is 4.90 Å². The minimum atomic E-state index is 0.122. The zero-order chi connectivity index (χ0) is 13.9. The lowest BCUT2D eigenvalue weighted by molar-refractivity contribution is 0.0707. The van der Waals surface area contributed by atoms with Gasteiger partial charge in [0.05, 0.1) is 11.8 Å². The van der Waals surface area contributed by atoms with Gasteiger partial charge in [-0.3, -0.25) is 4.79 Å². The van der Waals surface area contributed by atoms with Gasteiger partial charge in [0.25, 0.3) is 5.91 Å². The van der Waals surface area contributed by atoms with E-state index in [0.717, 1.165) is 31.5 Å². The van der Waals surface area contributed by atoms with E-state index in [9.17, 15) is 4.79 Å². The molecule has 1 fully saturated rings. The van der Waals surface area contributed by atoms with Crippen LogP contribution in [0.25, 0.3) is 0 Å². The van der Waals surface area contributed by atoms with E-state index in [1.165, 1.54) is 22.7 Å². The van der Waals surface area contributed by atoms with Crippen molar-refractivity contribution in [1.82, 2.24) is 9.27 Å². The lowest BCUT2D eigenvalue weighted by atomic mass is 9.88. The molecule has 1 aliphatic heterocycles. The molecule has 20 heavy (non-hydrogen) atoms. The third-order valence-corrected chi connectivity index (χ3v) is 4.60.